The lowest BCUT2D eigenvalue weighted by Crippen LogP contribution is -1.91. The topological polar surface area (TPSA) is 63.6 Å². The van der Waals surface area contributed by atoms with Gasteiger partial charge in [0.05, 0.1) is 6.26 Å². The average Bonchev–Trinajstić information content (AvgIpc) is 2.15. The van der Waals surface area contributed by atoms with Crippen LogP contribution >= 0.6 is 0 Å². The van der Waals surface area contributed by atoms with Gasteiger partial charge in [0, 0.05) is 13.3 Å². The molecule has 0 bridgehead atoms. The van der Waals surface area contributed by atoms with Crippen LogP contribution in [0.25, 0.3) is 0 Å². The molecule has 0 heterocycles. The highest BCUT2D eigenvalue weighted by Crippen LogP contribution is 1.95. The predicted octanol–water partition coefficient (Wildman–Crippen LogP) is 3.46. The van der Waals surface area contributed by atoms with E-state index in [1.807, 2.05) is 26.8 Å². The summed E-state index contributed by atoms with van der Waals surface area (Å²) in [5.41, 5.74) is 2.03. The minimum atomic E-state index is -0.729. The number of allylic oxidation sites excluding steroid dienone is 4. The Morgan fingerprint density at radius 2 is 1.78 bits per heavy atom. The summed E-state index contributed by atoms with van der Waals surface area (Å²) in [7, 11) is 0. The first-order valence-electron chi connectivity index (χ1n) is 5.60. The average molecular weight is 254 g/mol. The molecule has 0 atom stereocenters. The molecule has 1 N–H and O–H groups in total. The largest absolute Gasteiger partial charge is 0.481 e. The van der Waals surface area contributed by atoms with Crippen LogP contribution in [-0.4, -0.2) is 17.0 Å². The lowest BCUT2D eigenvalue weighted by Gasteiger charge is -1.88. The molecule has 0 radical (unpaired) electrons. The van der Waals surface area contributed by atoms with E-state index in [9.17, 15) is 9.59 Å². The highest BCUT2D eigenvalue weighted by Gasteiger charge is 1.91. The standard InChI is InChI=1S/C7H10O2.C7H12O2/c1-6(2)4-5-9-7(3)8;1-6(2)4-3-5-7(8)9/h4-5H,1H2,2-3H3;4H,3,5H2,1-2H3,(H,8,9). The van der Waals surface area contributed by atoms with Gasteiger partial charge in [-0.2, -0.15) is 0 Å². The number of hydrogen-bond donors (Lipinski definition) is 1. The summed E-state index contributed by atoms with van der Waals surface area (Å²) in [5, 5.41) is 8.20. The number of ether oxygens (including phenoxy) is 1. The van der Waals surface area contributed by atoms with E-state index in [0.717, 1.165) is 5.57 Å². The lowest BCUT2D eigenvalue weighted by atomic mass is 10.2. The minimum absolute atomic E-state index is 0.241. The summed E-state index contributed by atoms with van der Waals surface area (Å²) in [6, 6.07) is 0. The smallest absolute Gasteiger partial charge is 0.307 e. The van der Waals surface area contributed by atoms with Crippen LogP contribution < -0.4 is 0 Å². The first-order valence-corrected chi connectivity index (χ1v) is 5.60. The molecule has 0 saturated carbocycles. The molecule has 18 heavy (non-hydrogen) atoms. The van der Waals surface area contributed by atoms with Crippen LogP contribution in [0.2, 0.25) is 0 Å². The van der Waals surface area contributed by atoms with Crippen molar-refractivity contribution < 1.29 is 19.4 Å². The Bertz CT molecular complexity index is 334. The Morgan fingerprint density at radius 1 is 1.22 bits per heavy atom. The second-order valence-corrected chi connectivity index (χ2v) is 3.97. The number of esters is 1. The molecule has 0 unspecified atom stereocenters. The Hall–Kier alpha value is -1.84. The molecule has 0 aliphatic heterocycles. The molecule has 4 heteroatoms. The summed E-state index contributed by atoms with van der Waals surface area (Å²) in [6.07, 6.45) is 5.77. The quantitative estimate of drug-likeness (QED) is 0.353. The monoisotopic (exact) mass is 254 g/mol. The fourth-order valence-electron chi connectivity index (χ4n) is 0.730. The highest BCUT2D eigenvalue weighted by molar-refractivity contribution is 5.67. The zero-order valence-corrected chi connectivity index (χ0v) is 11.5. The zero-order valence-electron chi connectivity index (χ0n) is 11.5. The maximum Gasteiger partial charge on any atom is 0.307 e. The zero-order chi connectivity index (χ0) is 14.6. The van der Waals surface area contributed by atoms with Gasteiger partial charge < -0.3 is 9.84 Å². The molecular weight excluding hydrogens is 232 g/mol. The van der Waals surface area contributed by atoms with Crippen LogP contribution in [0.1, 0.15) is 40.5 Å². The Labute approximate surface area is 109 Å². The van der Waals surface area contributed by atoms with Gasteiger partial charge in [0.25, 0.3) is 0 Å². The third-order valence-corrected chi connectivity index (χ3v) is 1.50. The highest BCUT2D eigenvalue weighted by atomic mass is 16.5. The molecule has 0 aromatic heterocycles. The Morgan fingerprint density at radius 3 is 2.11 bits per heavy atom. The van der Waals surface area contributed by atoms with Gasteiger partial charge in [0.1, 0.15) is 0 Å². The molecule has 0 aliphatic rings. The number of rotatable bonds is 5. The van der Waals surface area contributed by atoms with Gasteiger partial charge in [0.2, 0.25) is 0 Å². The third kappa shape index (κ3) is 23.8. The normalized spacial score (nSPS) is 9.11. The number of carbonyl (C=O) groups is 2. The number of carboxylic acid groups (broad SMARTS) is 1. The van der Waals surface area contributed by atoms with Crippen molar-refractivity contribution in [1.82, 2.24) is 0 Å². The van der Waals surface area contributed by atoms with Gasteiger partial charge in [-0.1, -0.05) is 23.8 Å². The second-order valence-electron chi connectivity index (χ2n) is 3.97. The van der Waals surface area contributed by atoms with Crippen molar-refractivity contribution in [1.29, 1.82) is 0 Å². The van der Waals surface area contributed by atoms with E-state index in [4.69, 9.17) is 5.11 Å². The minimum Gasteiger partial charge on any atom is -0.481 e. The summed E-state index contributed by atoms with van der Waals surface area (Å²) in [6.45, 7) is 10.7. The van der Waals surface area contributed by atoms with Crippen LogP contribution in [0.15, 0.2) is 36.1 Å². The molecule has 102 valence electrons. The summed E-state index contributed by atoms with van der Waals surface area (Å²) in [5.74, 6) is -1.04. The van der Waals surface area contributed by atoms with Gasteiger partial charge in [-0.25, -0.2) is 0 Å². The SMILES string of the molecule is C=C(C)C=COC(C)=O.CC(C)=CCCC(=O)O. The van der Waals surface area contributed by atoms with E-state index in [-0.39, 0.29) is 12.4 Å². The fourth-order valence-corrected chi connectivity index (χ4v) is 0.730. The van der Waals surface area contributed by atoms with E-state index in [2.05, 4.69) is 11.3 Å². The number of carboxylic acids is 1. The van der Waals surface area contributed by atoms with Gasteiger partial charge in [-0.3, -0.25) is 9.59 Å². The Kier molecular flexibility index (Phi) is 12.0. The van der Waals surface area contributed by atoms with E-state index in [1.165, 1.54) is 18.8 Å². The molecule has 4 nitrogen and oxygen atoms in total. The molecule has 0 aromatic rings. The number of hydrogen-bond acceptors (Lipinski definition) is 3. The molecule has 0 fully saturated rings. The molecule has 0 spiro atoms. The maximum absolute atomic E-state index is 10.1. The molecule has 0 aliphatic carbocycles. The lowest BCUT2D eigenvalue weighted by molar-refractivity contribution is -0.137. The Balaban J connectivity index is 0. The predicted molar refractivity (Wildman–Crippen MR) is 72.0 cm³/mol. The molecule has 0 saturated heterocycles. The van der Waals surface area contributed by atoms with Crippen LogP contribution in [0.3, 0.4) is 0 Å². The molecule has 0 aromatic carbocycles. The van der Waals surface area contributed by atoms with Crippen molar-refractivity contribution in [2.75, 3.05) is 0 Å². The van der Waals surface area contributed by atoms with E-state index in [0.29, 0.717) is 6.42 Å². The summed E-state index contributed by atoms with van der Waals surface area (Å²) < 4.78 is 4.47. The van der Waals surface area contributed by atoms with Crippen molar-refractivity contribution in [2.45, 2.75) is 40.5 Å². The van der Waals surface area contributed by atoms with Gasteiger partial charge in [-0.15, -0.1) is 0 Å². The first-order chi connectivity index (χ1) is 8.25. The van der Waals surface area contributed by atoms with Crippen LogP contribution in [0.4, 0.5) is 0 Å². The summed E-state index contributed by atoms with van der Waals surface area (Å²) in [4.78, 5) is 20.1. The van der Waals surface area contributed by atoms with E-state index < -0.39 is 5.97 Å². The van der Waals surface area contributed by atoms with E-state index in [1.54, 1.807) is 6.08 Å². The van der Waals surface area contributed by atoms with Crippen LogP contribution in [0.5, 0.6) is 0 Å². The van der Waals surface area contributed by atoms with Crippen molar-refractivity contribution in [3.05, 3.63) is 36.1 Å². The molecule has 0 rings (SSSR count). The van der Waals surface area contributed by atoms with Crippen LogP contribution in [-0.2, 0) is 14.3 Å². The van der Waals surface area contributed by atoms with Crippen molar-refractivity contribution in [3.8, 4) is 0 Å². The van der Waals surface area contributed by atoms with Crippen molar-refractivity contribution in [2.24, 2.45) is 0 Å². The fraction of sp³-hybridized carbons (Fsp3) is 0.429. The first kappa shape index (κ1) is 18.5. The van der Waals surface area contributed by atoms with Crippen LogP contribution in [0, 0.1) is 0 Å². The van der Waals surface area contributed by atoms with Crippen molar-refractivity contribution >= 4 is 11.9 Å². The van der Waals surface area contributed by atoms with E-state index >= 15 is 0 Å². The third-order valence-electron chi connectivity index (χ3n) is 1.50. The second kappa shape index (κ2) is 11.6. The number of carbonyl (C=O) groups excluding carboxylic acids is 1. The van der Waals surface area contributed by atoms with Gasteiger partial charge >= 0.3 is 11.9 Å². The summed E-state index contributed by atoms with van der Waals surface area (Å²) >= 11 is 0. The molecular formula is C14H22O4. The molecule has 0 amide bonds. The number of aliphatic carboxylic acids is 1. The van der Waals surface area contributed by atoms with Crippen molar-refractivity contribution in [3.63, 3.8) is 0 Å². The van der Waals surface area contributed by atoms with Gasteiger partial charge in [0.15, 0.2) is 0 Å². The maximum atomic E-state index is 10.1. The van der Waals surface area contributed by atoms with Gasteiger partial charge in [-0.05, 0) is 33.3 Å².